The number of rotatable bonds is 5. The number of anilines is 3. The second-order valence-corrected chi connectivity index (χ2v) is 9.79. The number of carbonyl (C=O) groups is 3. The maximum atomic E-state index is 14.1. The Morgan fingerprint density at radius 2 is 1.83 bits per heavy atom. The number of para-hydroxylation sites is 1. The molecule has 178 valence electrons. The highest BCUT2D eigenvalue weighted by atomic mass is 32.2. The highest BCUT2D eigenvalue weighted by Crippen LogP contribution is 2.55. The Morgan fingerprint density at radius 1 is 1.03 bits per heavy atom. The Balaban J connectivity index is 1.51. The lowest BCUT2D eigenvalue weighted by Crippen LogP contribution is -2.50. The fourth-order valence-corrected chi connectivity index (χ4v) is 5.98. The van der Waals surface area contributed by atoms with Crippen LogP contribution in [-0.2, 0) is 19.3 Å². The Labute approximate surface area is 208 Å². The standard InChI is InChI=1S/C27H25N3O4S/c1-17-11-12-20(13-18(17)2)30-25(32)16-35-27(30)22-9-4-5-10-23(22)29(26(27)33)15-24(31)28-19-7-6-8-21(14-19)34-3/h4-14H,15-16H2,1-3H3,(H,28,31)/t27-/m0/s1. The minimum absolute atomic E-state index is 0.135. The van der Waals surface area contributed by atoms with Gasteiger partial charge in [-0.2, -0.15) is 0 Å². The van der Waals surface area contributed by atoms with Crippen LogP contribution >= 0.6 is 11.8 Å². The molecule has 7 nitrogen and oxygen atoms in total. The third-order valence-corrected chi connectivity index (χ3v) is 7.85. The van der Waals surface area contributed by atoms with E-state index in [1.54, 1.807) is 36.3 Å². The topological polar surface area (TPSA) is 79.0 Å². The van der Waals surface area contributed by atoms with Gasteiger partial charge in [0.2, 0.25) is 16.7 Å². The molecule has 0 saturated carbocycles. The van der Waals surface area contributed by atoms with E-state index in [-0.39, 0.29) is 30.0 Å². The van der Waals surface area contributed by atoms with Crippen molar-refractivity contribution < 1.29 is 19.1 Å². The molecule has 1 atom stereocenters. The molecule has 3 amide bonds. The van der Waals surface area contributed by atoms with E-state index in [1.807, 2.05) is 56.3 Å². The van der Waals surface area contributed by atoms with Crippen molar-refractivity contribution in [1.82, 2.24) is 0 Å². The zero-order valence-corrected chi connectivity index (χ0v) is 20.5. The predicted molar refractivity (Wildman–Crippen MR) is 138 cm³/mol. The van der Waals surface area contributed by atoms with Gasteiger partial charge in [-0.05, 0) is 55.3 Å². The van der Waals surface area contributed by atoms with Crippen LogP contribution in [0.25, 0.3) is 0 Å². The highest BCUT2D eigenvalue weighted by molar-refractivity contribution is 8.02. The lowest BCUT2D eigenvalue weighted by atomic mass is 10.0. The third kappa shape index (κ3) is 3.74. The normalized spacial score (nSPS) is 18.8. The number of hydrogen-bond acceptors (Lipinski definition) is 5. The van der Waals surface area contributed by atoms with Crippen LogP contribution in [0.2, 0.25) is 0 Å². The van der Waals surface area contributed by atoms with Gasteiger partial charge in [0.15, 0.2) is 0 Å². The fraction of sp³-hybridized carbons (Fsp3) is 0.222. The number of thioether (sulfide) groups is 1. The molecule has 2 aliphatic heterocycles. The summed E-state index contributed by atoms with van der Waals surface area (Å²) in [6.07, 6.45) is 0. The van der Waals surface area contributed by atoms with Crippen LogP contribution in [0.1, 0.15) is 16.7 Å². The molecule has 1 fully saturated rings. The molecule has 8 heteroatoms. The van der Waals surface area contributed by atoms with Crippen LogP contribution in [0.15, 0.2) is 66.7 Å². The van der Waals surface area contributed by atoms with Gasteiger partial charge in [0.25, 0.3) is 5.91 Å². The Morgan fingerprint density at radius 3 is 2.60 bits per heavy atom. The van der Waals surface area contributed by atoms with E-state index in [0.717, 1.165) is 11.1 Å². The van der Waals surface area contributed by atoms with Crippen molar-refractivity contribution in [3.63, 3.8) is 0 Å². The lowest BCUT2D eigenvalue weighted by Gasteiger charge is -2.33. The maximum Gasteiger partial charge on any atom is 0.269 e. The monoisotopic (exact) mass is 487 g/mol. The molecule has 0 aromatic heterocycles. The lowest BCUT2D eigenvalue weighted by molar-refractivity contribution is -0.124. The minimum Gasteiger partial charge on any atom is -0.497 e. The molecule has 2 aliphatic rings. The summed E-state index contributed by atoms with van der Waals surface area (Å²) in [5.41, 5.74) is 4.74. The summed E-state index contributed by atoms with van der Waals surface area (Å²) in [4.78, 5) is 42.1. The number of nitrogens with one attached hydrogen (secondary N) is 1. The van der Waals surface area contributed by atoms with Crippen molar-refractivity contribution in [2.75, 3.05) is 34.5 Å². The van der Waals surface area contributed by atoms with Gasteiger partial charge in [-0.25, -0.2) is 0 Å². The number of fused-ring (bicyclic) bond motifs is 2. The SMILES string of the molecule is COc1cccc(NC(=O)CN2C(=O)[C@@]3(SCC(=O)N3c3ccc(C)c(C)c3)c3ccccc32)c1. The number of ether oxygens (including phenoxy) is 1. The molecular weight excluding hydrogens is 462 g/mol. The highest BCUT2D eigenvalue weighted by Gasteiger charge is 2.61. The average Bonchev–Trinajstić information content (AvgIpc) is 3.32. The molecule has 1 spiro atoms. The van der Waals surface area contributed by atoms with Crippen molar-refractivity contribution in [1.29, 1.82) is 0 Å². The quantitative estimate of drug-likeness (QED) is 0.583. The van der Waals surface area contributed by atoms with Crippen molar-refractivity contribution in [2.24, 2.45) is 0 Å². The van der Waals surface area contributed by atoms with E-state index in [9.17, 15) is 14.4 Å². The summed E-state index contributed by atoms with van der Waals surface area (Å²) in [6.45, 7) is 3.82. The number of carbonyl (C=O) groups excluding carboxylic acids is 3. The first kappa shape index (κ1) is 23.0. The van der Waals surface area contributed by atoms with Gasteiger partial charge in [-0.1, -0.05) is 30.3 Å². The first-order valence-corrected chi connectivity index (χ1v) is 12.2. The Kier molecular flexibility index (Phi) is 5.76. The van der Waals surface area contributed by atoms with Crippen molar-refractivity contribution in [2.45, 2.75) is 18.7 Å². The summed E-state index contributed by atoms with van der Waals surface area (Å²) in [5, 5.41) is 2.84. The van der Waals surface area contributed by atoms with Gasteiger partial charge < -0.3 is 10.1 Å². The number of nitrogens with zero attached hydrogens (tertiary/aromatic N) is 2. The maximum absolute atomic E-state index is 14.1. The van der Waals surface area contributed by atoms with Gasteiger partial charge >= 0.3 is 0 Å². The fourth-order valence-electron chi connectivity index (χ4n) is 4.62. The number of benzene rings is 3. The third-order valence-electron chi connectivity index (χ3n) is 6.47. The summed E-state index contributed by atoms with van der Waals surface area (Å²) in [5.74, 6) is 0.0223. The number of aryl methyl sites for hydroxylation is 2. The first-order valence-electron chi connectivity index (χ1n) is 11.2. The number of hydrogen-bond donors (Lipinski definition) is 1. The average molecular weight is 488 g/mol. The molecule has 1 N–H and O–H groups in total. The molecule has 0 bridgehead atoms. The van der Waals surface area contributed by atoms with Crippen molar-refractivity contribution >= 4 is 46.5 Å². The summed E-state index contributed by atoms with van der Waals surface area (Å²) >= 11 is 1.30. The predicted octanol–water partition coefficient (Wildman–Crippen LogP) is 4.23. The van der Waals surface area contributed by atoms with Crippen molar-refractivity contribution in [3.8, 4) is 5.75 Å². The molecule has 35 heavy (non-hydrogen) atoms. The summed E-state index contributed by atoms with van der Waals surface area (Å²) in [7, 11) is 1.56. The smallest absolute Gasteiger partial charge is 0.269 e. The second-order valence-electron chi connectivity index (χ2n) is 8.62. The van der Waals surface area contributed by atoms with Gasteiger partial charge in [-0.3, -0.25) is 24.2 Å². The van der Waals surface area contributed by atoms with E-state index >= 15 is 0 Å². The molecule has 3 aromatic carbocycles. The molecule has 5 rings (SSSR count). The van der Waals surface area contributed by atoms with Gasteiger partial charge in [0, 0.05) is 23.0 Å². The Hall–Kier alpha value is -3.78. The molecule has 1 saturated heterocycles. The summed E-state index contributed by atoms with van der Waals surface area (Å²) in [6, 6.07) is 20.2. The van der Waals surface area contributed by atoms with Crippen LogP contribution < -0.4 is 19.9 Å². The number of methoxy groups -OCH3 is 1. The van der Waals surface area contributed by atoms with Crippen LogP contribution in [0.5, 0.6) is 5.75 Å². The van der Waals surface area contributed by atoms with Gasteiger partial charge in [0.05, 0.1) is 18.6 Å². The molecule has 0 radical (unpaired) electrons. The van der Waals surface area contributed by atoms with Gasteiger partial charge in [0.1, 0.15) is 12.3 Å². The van der Waals surface area contributed by atoms with Crippen molar-refractivity contribution in [3.05, 3.63) is 83.4 Å². The van der Waals surface area contributed by atoms with E-state index < -0.39 is 4.87 Å². The molecule has 3 aromatic rings. The Bertz CT molecular complexity index is 1360. The largest absolute Gasteiger partial charge is 0.497 e. The van der Waals surface area contributed by atoms with Crippen LogP contribution in [0.3, 0.4) is 0 Å². The van der Waals surface area contributed by atoms with Gasteiger partial charge in [-0.15, -0.1) is 11.8 Å². The molecular formula is C27H25N3O4S. The second kappa shape index (κ2) is 8.78. The van der Waals surface area contributed by atoms with Crippen LogP contribution in [0, 0.1) is 13.8 Å². The zero-order chi connectivity index (χ0) is 24.7. The zero-order valence-electron chi connectivity index (χ0n) is 19.7. The van der Waals surface area contributed by atoms with E-state index in [1.165, 1.54) is 16.7 Å². The summed E-state index contributed by atoms with van der Waals surface area (Å²) < 4.78 is 5.22. The van der Waals surface area contributed by atoms with E-state index in [0.29, 0.717) is 28.4 Å². The number of amides is 3. The van der Waals surface area contributed by atoms with E-state index in [2.05, 4.69) is 5.32 Å². The molecule has 0 unspecified atom stereocenters. The van der Waals surface area contributed by atoms with E-state index in [4.69, 9.17) is 4.74 Å². The first-order chi connectivity index (χ1) is 16.8. The molecule has 0 aliphatic carbocycles. The minimum atomic E-state index is -1.24. The van der Waals surface area contributed by atoms with Crippen LogP contribution in [-0.4, -0.2) is 37.1 Å². The van der Waals surface area contributed by atoms with Crippen LogP contribution in [0.4, 0.5) is 17.1 Å². The molecule has 2 heterocycles.